The van der Waals surface area contributed by atoms with Crippen LogP contribution in [-0.2, 0) is 16.1 Å². The molecule has 1 N–H and O–H groups in total. The molecule has 2 heterocycles. The number of benzene rings is 2. The second-order valence-electron chi connectivity index (χ2n) is 5.54. The molecule has 0 aliphatic rings. The van der Waals surface area contributed by atoms with E-state index >= 15 is 0 Å². The predicted molar refractivity (Wildman–Crippen MR) is 108 cm³/mol. The molecule has 0 spiro atoms. The van der Waals surface area contributed by atoms with Gasteiger partial charge in [0, 0.05) is 5.57 Å². The Bertz CT molecular complexity index is 994. The smallest absolute Gasteiger partial charge is 0.333 e. The molecule has 6 nitrogen and oxygen atoms in total. The normalized spacial score (nSPS) is 10.3. The van der Waals surface area contributed by atoms with E-state index in [9.17, 15) is 9.90 Å². The average Bonchev–Trinajstić information content (AvgIpc) is 3.36. The van der Waals surface area contributed by atoms with Crippen molar-refractivity contribution in [3.63, 3.8) is 0 Å². The lowest BCUT2D eigenvalue weighted by molar-refractivity contribution is -0.140. The average molecular weight is 369 g/mol. The van der Waals surface area contributed by atoms with Gasteiger partial charge in [0.2, 0.25) is 0 Å². The van der Waals surface area contributed by atoms with Crippen molar-refractivity contribution in [1.82, 2.24) is 14.1 Å². The number of phenolic OH excluding ortho intramolecular Hbond substituents is 1. The van der Waals surface area contributed by atoms with Crippen LogP contribution in [0.5, 0.6) is 5.75 Å². The molecule has 4 aromatic rings. The minimum Gasteiger partial charge on any atom is -0.506 e. The molecule has 144 valence electrons. The summed E-state index contributed by atoms with van der Waals surface area (Å²) in [6.45, 7) is 13.3. The second-order valence-corrected chi connectivity index (χ2v) is 5.54. The first-order chi connectivity index (χ1) is 13.1. The molecule has 4 rings (SSSR count). The van der Waals surface area contributed by atoms with Crippen molar-refractivity contribution < 1.29 is 14.6 Å². The quantitative estimate of drug-likeness (QED) is 0.415. The van der Waals surface area contributed by atoms with Crippen molar-refractivity contribution in [3.8, 4) is 11.4 Å². The maximum atomic E-state index is 11.5. The van der Waals surface area contributed by atoms with Gasteiger partial charge < -0.3 is 9.84 Å². The third-order valence-electron chi connectivity index (χ3n) is 3.79. The highest BCUT2D eigenvalue weighted by atomic mass is 16.5. The Labute approximate surface area is 159 Å². The number of rotatable bonds is 4. The van der Waals surface area contributed by atoms with Gasteiger partial charge in [-0.25, -0.2) is 4.79 Å². The Morgan fingerprint density at radius 1 is 1.04 bits per heavy atom. The number of hydrogen-bond acceptors (Lipinski definition) is 3. The van der Waals surface area contributed by atoms with E-state index in [1.807, 2.05) is 66.0 Å². The fourth-order valence-electron chi connectivity index (χ4n) is 2.59. The van der Waals surface area contributed by atoms with Crippen LogP contribution < -0.4 is 0 Å². The number of esters is 1. The van der Waals surface area contributed by atoms with Gasteiger partial charge in [-0.15, -0.1) is 14.1 Å². The van der Waals surface area contributed by atoms with Crippen LogP contribution in [0.1, 0.15) is 40.2 Å². The Kier molecular flexibility index (Phi) is 6.34. The number of phenols is 1. The third-order valence-corrected chi connectivity index (χ3v) is 3.79. The molecule has 0 atom stereocenters. The molecule has 0 saturated carbocycles. The number of nitrogens with zero attached hydrogens (tertiary/aromatic N) is 3. The predicted octanol–water partition coefficient (Wildman–Crippen LogP) is 4.80. The van der Waals surface area contributed by atoms with Crippen LogP contribution in [0, 0.1) is 0 Å². The fourth-order valence-corrected chi connectivity index (χ4v) is 2.59. The van der Waals surface area contributed by atoms with Crippen molar-refractivity contribution in [3.05, 3.63) is 60.2 Å². The summed E-state index contributed by atoms with van der Waals surface area (Å²) in [5.41, 5.74) is 3.98. The first-order valence-corrected chi connectivity index (χ1v) is 9.21. The van der Waals surface area contributed by atoms with Crippen molar-refractivity contribution >= 4 is 17.0 Å². The largest absolute Gasteiger partial charge is 0.506 e. The van der Waals surface area contributed by atoms with Crippen molar-refractivity contribution in [2.24, 2.45) is 0 Å². The van der Waals surface area contributed by atoms with E-state index in [1.54, 1.807) is 25.1 Å². The highest BCUT2D eigenvalue weighted by molar-refractivity contribution is 5.86. The fraction of sp³-hybridized carbons (Fsp3) is 0.286. The molecule has 2 aromatic carbocycles. The molecule has 0 amide bonds. The SMILES string of the molecule is C=C(C)C(=O)OCc1ccc(O)c(-n2n3c4ccccc4n23)c1.CC.CC. The number of ether oxygens (including phenoxy) is 1. The Balaban J connectivity index is 0.000000614. The molecule has 27 heavy (non-hydrogen) atoms. The number of carbonyl (C=O) groups excluding carboxylic acids is 1. The van der Waals surface area contributed by atoms with Crippen LogP contribution in [-0.4, -0.2) is 25.1 Å². The summed E-state index contributed by atoms with van der Waals surface area (Å²) in [6, 6.07) is 13.1. The van der Waals surface area contributed by atoms with Crippen LogP contribution in [0.3, 0.4) is 0 Å². The highest BCUT2D eigenvalue weighted by Crippen LogP contribution is 2.31. The van der Waals surface area contributed by atoms with Gasteiger partial charge in [0.15, 0.2) is 0 Å². The Morgan fingerprint density at radius 2 is 1.59 bits per heavy atom. The highest BCUT2D eigenvalue weighted by Gasteiger charge is 2.25. The molecule has 0 aliphatic carbocycles. The third kappa shape index (κ3) is 3.69. The van der Waals surface area contributed by atoms with Gasteiger partial charge in [0.05, 0.1) is 0 Å². The number of aromatic nitrogens is 3. The summed E-state index contributed by atoms with van der Waals surface area (Å²) in [5, 5.41) is 10.1. The monoisotopic (exact) mass is 369 g/mol. The van der Waals surface area contributed by atoms with Gasteiger partial charge in [-0.1, -0.05) is 52.5 Å². The molecule has 2 aromatic heterocycles. The zero-order valence-electron chi connectivity index (χ0n) is 16.6. The minimum absolute atomic E-state index is 0.139. The summed E-state index contributed by atoms with van der Waals surface area (Å²) in [6.07, 6.45) is 0. The minimum atomic E-state index is -0.425. The van der Waals surface area contributed by atoms with E-state index in [4.69, 9.17) is 4.74 Å². The van der Waals surface area contributed by atoms with E-state index in [0.29, 0.717) is 11.3 Å². The maximum absolute atomic E-state index is 11.5. The van der Waals surface area contributed by atoms with Gasteiger partial charge >= 0.3 is 5.97 Å². The maximum Gasteiger partial charge on any atom is 0.333 e. The van der Waals surface area contributed by atoms with Crippen molar-refractivity contribution in [2.45, 2.75) is 41.2 Å². The first-order valence-electron chi connectivity index (χ1n) is 9.21. The molecular weight excluding hydrogens is 342 g/mol. The zero-order chi connectivity index (χ0) is 20.1. The standard InChI is InChI=1S/C17H15N3O3.2C2H6/c1-11(2)17(22)23-10-12-7-8-16(21)15(9-12)20-18-13-5-3-4-6-14(13)19(18)20;2*1-2/h3-9,21H,1,10H2,2H3;2*1-2H3. The van der Waals surface area contributed by atoms with Crippen LogP contribution in [0.4, 0.5) is 0 Å². The van der Waals surface area contributed by atoms with Crippen LogP contribution >= 0.6 is 0 Å². The summed E-state index contributed by atoms with van der Waals surface area (Å²) < 4.78 is 9.05. The number of fused-ring (bicyclic) bond motifs is 4. The molecule has 6 heteroatoms. The summed E-state index contributed by atoms with van der Waals surface area (Å²) >= 11 is 0. The summed E-state index contributed by atoms with van der Waals surface area (Å²) in [4.78, 5) is 13.3. The van der Waals surface area contributed by atoms with Gasteiger partial charge in [-0.05, 0) is 36.8 Å². The summed E-state index contributed by atoms with van der Waals surface area (Å²) in [5.74, 6) is -0.258. The van der Waals surface area contributed by atoms with E-state index in [1.165, 1.54) is 0 Å². The molecule has 0 radical (unpaired) electrons. The van der Waals surface area contributed by atoms with Crippen LogP contribution in [0.25, 0.3) is 16.7 Å². The topological polar surface area (TPSA) is 60.3 Å². The van der Waals surface area contributed by atoms with Crippen molar-refractivity contribution in [2.75, 3.05) is 0 Å². The van der Waals surface area contributed by atoms with Gasteiger partial charge in [0.1, 0.15) is 29.1 Å². The van der Waals surface area contributed by atoms with Gasteiger partial charge in [0.25, 0.3) is 0 Å². The Morgan fingerprint density at radius 3 is 2.11 bits per heavy atom. The van der Waals surface area contributed by atoms with Crippen molar-refractivity contribution in [1.29, 1.82) is 0 Å². The lowest BCUT2D eigenvalue weighted by atomic mass is 10.2. The number of para-hydroxylation sites is 2. The lowest BCUT2D eigenvalue weighted by Crippen LogP contribution is -2.05. The van der Waals surface area contributed by atoms with E-state index in [2.05, 4.69) is 6.58 Å². The second kappa shape index (κ2) is 8.49. The number of hydrogen-bond donors (Lipinski definition) is 1. The number of carbonyl (C=O) groups is 1. The zero-order valence-corrected chi connectivity index (χ0v) is 16.6. The molecule has 0 fully saturated rings. The van der Waals surface area contributed by atoms with E-state index in [-0.39, 0.29) is 12.4 Å². The van der Waals surface area contributed by atoms with E-state index in [0.717, 1.165) is 16.6 Å². The molecule has 0 saturated heterocycles. The number of aromatic hydroxyl groups is 1. The first kappa shape index (κ1) is 20.2. The molecule has 0 unspecified atom stereocenters. The van der Waals surface area contributed by atoms with E-state index < -0.39 is 5.97 Å². The lowest BCUT2D eigenvalue weighted by Gasteiger charge is -2.06. The Hall–Kier alpha value is -3.15. The van der Waals surface area contributed by atoms with Gasteiger partial charge in [-0.3, -0.25) is 0 Å². The molecule has 0 aliphatic heterocycles. The molecule has 0 bridgehead atoms. The van der Waals surface area contributed by atoms with Gasteiger partial charge in [-0.2, -0.15) is 0 Å². The summed E-state index contributed by atoms with van der Waals surface area (Å²) in [7, 11) is 0. The van der Waals surface area contributed by atoms with Crippen LogP contribution in [0.15, 0.2) is 54.6 Å². The van der Waals surface area contributed by atoms with Crippen LogP contribution in [0.2, 0.25) is 0 Å². The molecular formula is C21H27N3O3.